The van der Waals surface area contributed by atoms with E-state index in [-0.39, 0.29) is 24.2 Å². The highest BCUT2D eigenvalue weighted by molar-refractivity contribution is 5.85. The highest BCUT2D eigenvalue weighted by Gasteiger charge is 2.16. The number of hydrogen-bond acceptors (Lipinski definition) is 9. The van der Waals surface area contributed by atoms with E-state index in [9.17, 15) is 4.39 Å². The van der Waals surface area contributed by atoms with Crippen LogP contribution in [-0.4, -0.2) is 54.6 Å². The van der Waals surface area contributed by atoms with Crippen LogP contribution in [0.2, 0.25) is 0 Å². The molecule has 0 atom stereocenters. The van der Waals surface area contributed by atoms with E-state index >= 15 is 0 Å². The van der Waals surface area contributed by atoms with Crippen LogP contribution in [0.25, 0.3) is 0 Å². The quantitative estimate of drug-likeness (QED) is 0.409. The van der Waals surface area contributed by atoms with Crippen LogP contribution in [0.1, 0.15) is 5.56 Å². The van der Waals surface area contributed by atoms with Crippen LogP contribution in [0.3, 0.4) is 0 Å². The first-order valence-electron chi connectivity index (χ1n) is 9.74. The van der Waals surface area contributed by atoms with Crippen molar-refractivity contribution >= 4 is 42.2 Å². The van der Waals surface area contributed by atoms with Crippen molar-refractivity contribution in [2.24, 2.45) is 5.10 Å². The van der Waals surface area contributed by atoms with Gasteiger partial charge in [0.2, 0.25) is 17.8 Å². The van der Waals surface area contributed by atoms with Gasteiger partial charge in [-0.15, -0.1) is 12.4 Å². The fraction of sp³-hybridized carbons (Fsp3) is 0.238. The molecule has 168 valence electrons. The van der Waals surface area contributed by atoms with Crippen LogP contribution in [-0.2, 0) is 4.74 Å². The molecule has 0 bridgehead atoms. The number of hydrogen-bond donors (Lipinski definition) is 2. The fourth-order valence-corrected chi connectivity index (χ4v) is 2.89. The van der Waals surface area contributed by atoms with Gasteiger partial charge in [-0.05, 0) is 54.1 Å². The summed E-state index contributed by atoms with van der Waals surface area (Å²) in [4.78, 5) is 15.4. The van der Waals surface area contributed by atoms with Crippen LogP contribution in [0.5, 0.6) is 5.75 Å². The summed E-state index contributed by atoms with van der Waals surface area (Å²) in [5, 5.41) is 7.30. The molecular weight excluding hydrogens is 437 g/mol. The van der Waals surface area contributed by atoms with Gasteiger partial charge in [0, 0.05) is 18.8 Å². The van der Waals surface area contributed by atoms with Crippen molar-refractivity contribution in [2.75, 3.05) is 49.1 Å². The van der Waals surface area contributed by atoms with Crippen molar-refractivity contribution in [3.05, 3.63) is 59.9 Å². The Morgan fingerprint density at radius 1 is 1.00 bits per heavy atom. The van der Waals surface area contributed by atoms with E-state index in [1.54, 1.807) is 25.5 Å². The molecule has 32 heavy (non-hydrogen) atoms. The van der Waals surface area contributed by atoms with Crippen molar-refractivity contribution < 1.29 is 13.9 Å². The number of aromatic nitrogens is 3. The van der Waals surface area contributed by atoms with E-state index in [1.807, 2.05) is 29.2 Å². The molecule has 0 unspecified atom stereocenters. The maximum Gasteiger partial charge on any atom is 0.250 e. The largest absolute Gasteiger partial charge is 0.497 e. The molecule has 2 N–H and O–H groups in total. The van der Waals surface area contributed by atoms with Gasteiger partial charge in [-0.3, -0.25) is 0 Å². The fourth-order valence-electron chi connectivity index (χ4n) is 2.89. The average molecular weight is 460 g/mol. The minimum Gasteiger partial charge on any atom is -0.497 e. The van der Waals surface area contributed by atoms with Crippen molar-refractivity contribution in [1.82, 2.24) is 15.0 Å². The summed E-state index contributed by atoms with van der Waals surface area (Å²) in [6.07, 6.45) is 1.66. The number of hydrazone groups is 1. The zero-order chi connectivity index (χ0) is 21.5. The maximum atomic E-state index is 13.2. The first-order valence-corrected chi connectivity index (χ1v) is 9.74. The van der Waals surface area contributed by atoms with Crippen molar-refractivity contribution in [3.63, 3.8) is 0 Å². The molecule has 1 aliphatic heterocycles. The number of methoxy groups -OCH3 is 1. The van der Waals surface area contributed by atoms with Gasteiger partial charge in [-0.1, -0.05) is 0 Å². The van der Waals surface area contributed by atoms with E-state index in [0.717, 1.165) is 11.3 Å². The minimum absolute atomic E-state index is 0. The second kappa shape index (κ2) is 11.2. The first-order chi connectivity index (χ1) is 15.2. The van der Waals surface area contributed by atoms with E-state index in [0.29, 0.717) is 43.9 Å². The number of nitrogens with zero attached hydrogens (tertiary/aromatic N) is 5. The molecule has 1 saturated heterocycles. The Labute approximate surface area is 191 Å². The molecule has 0 aliphatic carbocycles. The lowest BCUT2D eigenvalue weighted by atomic mass is 10.2. The van der Waals surface area contributed by atoms with Crippen molar-refractivity contribution in [1.29, 1.82) is 0 Å². The summed E-state index contributed by atoms with van der Waals surface area (Å²) < 4.78 is 23.8. The third-order valence-electron chi connectivity index (χ3n) is 4.51. The average Bonchev–Trinajstić information content (AvgIpc) is 2.81. The molecule has 11 heteroatoms. The topological polar surface area (TPSA) is 96.8 Å². The Bertz CT molecular complexity index is 1030. The standard InChI is InChI=1S/C21H22FN7O2.ClH/c1-30-18-8-2-15(3-9-18)14-23-28-20-25-19(24-17-6-4-16(22)5-7-17)26-21(27-20)29-10-12-31-13-11-29;/h2-9,14H,10-13H2,1H3,(H2,24,25,26,27,28);1H/b23-14+;. The lowest BCUT2D eigenvalue weighted by Gasteiger charge is -2.27. The molecular formula is C21H23ClFN7O2. The number of ether oxygens (including phenoxy) is 2. The molecule has 2 heterocycles. The normalized spacial score (nSPS) is 13.5. The molecule has 2 aromatic carbocycles. The summed E-state index contributed by atoms with van der Waals surface area (Å²) in [6, 6.07) is 13.4. The molecule has 9 nitrogen and oxygen atoms in total. The Kier molecular flexibility index (Phi) is 8.12. The Morgan fingerprint density at radius 3 is 2.38 bits per heavy atom. The van der Waals surface area contributed by atoms with Crippen molar-refractivity contribution in [2.45, 2.75) is 0 Å². The number of nitrogens with one attached hydrogen (secondary N) is 2. The van der Waals surface area contributed by atoms with Gasteiger partial charge in [0.25, 0.3) is 0 Å². The summed E-state index contributed by atoms with van der Waals surface area (Å²) >= 11 is 0. The molecule has 1 aromatic heterocycles. The van der Waals surface area contributed by atoms with Crippen LogP contribution in [0, 0.1) is 5.82 Å². The molecule has 4 rings (SSSR count). The molecule has 1 fully saturated rings. The van der Waals surface area contributed by atoms with E-state index in [2.05, 4.69) is 30.8 Å². The maximum absolute atomic E-state index is 13.2. The molecule has 0 radical (unpaired) electrons. The van der Waals surface area contributed by atoms with E-state index in [4.69, 9.17) is 9.47 Å². The number of rotatable bonds is 7. The second-order valence-corrected chi connectivity index (χ2v) is 6.66. The third-order valence-corrected chi connectivity index (χ3v) is 4.51. The number of benzene rings is 2. The summed E-state index contributed by atoms with van der Waals surface area (Å²) in [7, 11) is 1.62. The zero-order valence-electron chi connectivity index (χ0n) is 17.4. The SMILES string of the molecule is COc1ccc(/C=N/Nc2nc(Nc3ccc(F)cc3)nc(N3CCOCC3)n2)cc1.Cl. The van der Waals surface area contributed by atoms with Gasteiger partial charge < -0.3 is 19.7 Å². The zero-order valence-corrected chi connectivity index (χ0v) is 18.2. The van der Waals surface area contributed by atoms with Crippen LogP contribution in [0.15, 0.2) is 53.6 Å². The van der Waals surface area contributed by atoms with Gasteiger partial charge in [-0.25, -0.2) is 9.82 Å². The summed E-state index contributed by atoms with van der Waals surface area (Å²) in [5.74, 6) is 1.57. The van der Waals surface area contributed by atoms with Crippen LogP contribution < -0.4 is 20.4 Å². The second-order valence-electron chi connectivity index (χ2n) is 6.66. The van der Waals surface area contributed by atoms with Gasteiger partial charge in [0.15, 0.2) is 0 Å². The Morgan fingerprint density at radius 2 is 1.69 bits per heavy atom. The highest BCUT2D eigenvalue weighted by atomic mass is 35.5. The van der Waals surface area contributed by atoms with Crippen molar-refractivity contribution in [3.8, 4) is 5.75 Å². The highest BCUT2D eigenvalue weighted by Crippen LogP contribution is 2.19. The van der Waals surface area contributed by atoms with E-state index in [1.165, 1.54) is 12.1 Å². The van der Waals surface area contributed by atoms with Gasteiger partial charge in [0.1, 0.15) is 11.6 Å². The number of anilines is 4. The van der Waals surface area contributed by atoms with Gasteiger partial charge in [0.05, 0.1) is 26.5 Å². The molecule has 3 aromatic rings. The molecule has 1 aliphatic rings. The predicted molar refractivity (Wildman–Crippen MR) is 124 cm³/mol. The summed E-state index contributed by atoms with van der Waals surface area (Å²) in [5.41, 5.74) is 4.40. The first kappa shape index (κ1) is 23.2. The smallest absolute Gasteiger partial charge is 0.250 e. The summed E-state index contributed by atoms with van der Waals surface area (Å²) in [6.45, 7) is 2.55. The van der Waals surface area contributed by atoms with Gasteiger partial charge in [-0.2, -0.15) is 20.1 Å². The lowest BCUT2D eigenvalue weighted by molar-refractivity contribution is 0.122. The number of morpholine rings is 1. The molecule has 0 amide bonds. The Hall–Kier alpha value is -3.50. The van der Waals surface area contributed by atoms with E-state index < -0.39 is 0 Å². The van der Waals surface area contributed by atoms with Crippen LogP contribution in [0.4, 0.5) is 27.9 Å². The molecule has 0 spiro atoms. The Balaban J connectivity index is 0.00000289. The lowest BCUT2D eigenvalue weighted by Crippen LogP contribution is -2.37. The minimum atomic E-state index is -0.314. The van der Waals surface area contributed by atoms with Gasteiger partial charge >= 0.3 is 0 Å². The van der Waals surface area contributed by atoms with Crippen LogP contribution >= 0.6 is 12.4 Å². The third kappa shape index (κ3) is 6.25. The molecule has 0 saturated carbocycles. The predicted octanol–water partition coefficient (Wildman–Crippen LogP) is 3.47. The number of halogens is 2. The monoisotopic (exact) mass is 459 g/mol.